The lowest BCUT2D eigenvalue weighted by Crippen LogP contribution is -2.49. The molecule has 1 aliphatic rings. The van der Waals surface area contributed by atoms with Crippen LogP contribution in [-0.2, 0) is 0 Å². The number of guanidine groups is 1. The molecule has 0 amide bonds. The molecule has 2 aromatic rings. The number of pyridine rings is 1. The monoisotopic (exact) mass is 415 g/mol. The Hall–Kier alpha value is -2.70. The van der Waals surface area contributed by atoms with Gasteiger partial charge in [-0.3, -0.25) is 4.99 Å². The number of aliphatic imine (C=N–C) groups is 1. The van der Waals surface area contributed by atoms with E-state index in [0.29, 0.717) is 18.2 Å². The summed E-state index contributed by atoms with van der Waals surface area (Å²) in [7, 11) is 0. The van der Waals surface area contributed by atoms with Crippen molar-refractivity contribution in [3.05, 3.63) is 59.3 Å². The zero-order chi connectivity index (χ0) is 21.5. The number of piperidine rings is 1. The van der Waals surface area contributed by atoms with Gasteiger partial charge in [0.05, 0.1) is 0 Å². The highest BCUT2D eigenvalue weighted by Crippen LogP contribution is 2.21. The summed E-state index contributed by atoms with van der Waals surface area (Å²) in [4.78, 5) is 11.6. The second-order valence-corrected chi connectivity index (χ2v) is 7.83. The van der Waals surface area contributed by atoms with Crippen molar-refractivity contribution in [2.45, 2.75) is 45.6 Å². The molecular formula is C23H31F2N5. The molecule has 1 aromatic heterocycles. The molecule has 30 heavy (non-hydrogen) atoms. The average molecular weight is 416 g/mol. The van der Waals surface area contributed by atoms with Crippen molar-refractivity contribution in [2.75, 3.05) is 31.1 Å². The maximum atomic E-state index is 14.0. The van der Waals surface area contributed by atoms with Crippen LogP contribution in [0.1, 0.15) is 43.9 Å². The van der Waals surface area contributed by atoms with Gasteiger partial charge < -0.3 is 15.5 Å². The molecule has 2 heterocycles. The highest BCUT2D eigenvalue weighted by molar-refractivity contribution is 5.80. The van der Waals surface area contributed by atoms with Crippen molar-refractivity contribution in [1.29, 1.82) is 0 Å². The molecule has 0 saturated carbocycles. The fraction of sp³-hybridized carbons (Fsp3) is 0.478. The van der Waals surface area contributed by atoms with Crippen molar-refractivity contribution in [1.82, 2.24) is 15.6 Å². The molecule has 0 bridgehead atoms. The lowest BCUT2D eigenvalue weighted by atomic mass is 10.0. The molecule has 2 N–H and O–H groups in total. The molecule has 3 rings (SSSR count). The first-order valence-corrected chi connectivity index (χ1v) is 10.6. The van der Waals surface area contributed by atoms with E-state index in [2.05, 4.69) is 31.6 Å². The highest BCUT2D eigenvalue weighted by atomic mass is 19.1. The zero-order valence-corrected chi connectivity index (χ0v) is 18.0. The summed E-state index contributed by atoms with van der Waals surface area (Å²) in [6.45, 7) is 8.97. The average Bonchev–Trinajstić information content (AvgIpc) is 2.72. The SMILES string of the molecule is CCNC(=NCC(C)c1ccc(F)cc1F)NC1CCN(c2cccc(C)n2)CC1. The fourth-order valence-corrected chi connectivity index (χ4v) is 3.70. The maximum Gasteiger partial charge on any atom is 0.191 e. The Balaban J connectivity index is 1.56. The summed E-state index contributed by atoms with van der Waals surface area (Å²) >= 11 is 0. The number of nitrogens with one attached hydrogen (secondary N) is 2. The first kappa shape index (κ1) is 22.0. The van der Waals surface area contributed by atoms with Gasteiger partial charge in [0, 0.05) is 49.9 Å². The third-order valence-electron chi connectivity index (χ3n) is 5.39. The summed E-state index contributed by atoms with van der Waals surface area (Å²) in [5.41, 5.74) is 1.51. The molecule has 5 nitrogen and oxygen atoms in total. The van der Waals surface area contributed by atoms with Crippen LogP contribution < -0.4 is 15.5 Å². The van der Waals surface area contributed by atoms with E-state index in [4.69, 9.17) is 0 Å². The number of hydrogen-bond donors (Lipinski definition) is 2. The number of aryl methyl sites for hydroxylation is 1. The van der Waals surface area contributed by atoms with Gasteiger partial charge in [-0.1, -0.05) is 19.1 Å². The van der Waals surface area contributed by atoms with Gasteiger partial charge in [-0.25, -0.2) is 13.8 Å². The van der Waals surface area contributed by atoms with Gasteiger partial charge >= 0.3 is 0 Å². The van der Waals surface area contributed by atoms with Crippen molar-refractivity contribution < 1.29 is 8.78 Å². The number of nitrogens with zero attached hydrogens (tertiary/aromatic N) is 3. The first-order valence-electron chi connectivity index (χ1n) is 10.6. The van der Waals surface area contributed by atoms with Crippen molar-refractivity contribution in [3.8, 4) is 0 Å². The van der Waals surface area contributed by atoms with Crippen LogP contribution in [0.4, 0.5) is 14.6 Å². The highest BCUT2D eigenvalue weighted by Gasteiger charge is 2.21. The van der Waals surface area contributed by atoms with Gasteiger partial charge in [0.1, 0.15) is 17.5 Å². The largest absolute Gasteiger partial charge is 0.357 e. The van der Waals surface area contributed by atoms with E-state index in [-0.39, 0.29) is 5.92 Å². The lowest BCUT2D eigenvalue weighted by molar-refractivity contribution is 0.459. The van der Waals surface area contributed by atoms with Crippen LogP contribution in [0.25, 0.3) is 0 Å². The summed E-state index contributed by atoms with van der Waals surface area (Å²) in [6.07, 6.45) is 1.98. The van der Waals surface area contributed by atoms with Crippen LogP contribution in [0, 0.1) is 18.6 Å². The molecule has 1 atom stereocenters. The van der Waals surface area contributed by atoms with Gasteiger partial charge in [-0.2, -0.15) is 0 Å². The predicted molar refractivity (Wildman–Crippen MR) is 118 cm³/mol. The molecule has 0 aliphatic carbocycles. The molecule has 1 unspecified atom stereocenters. The molecule has 1 aliphatic heterocycles. The molecule has 0 spiro atoms. The minimum atomic E-state index is -0.561. The molecule has 162 valence electrons. The second kappa shape index (κ2) is 10.4. The van der Waals surface area contributed by atoms with E-state index in [1.807, 2.05) is 32.9 Å². The Kier molecular flexibility index (Phi) is 7.60. The summed E-state index contributed by atoms with van der Waals surface area (Å²) < 4.78 is 27.2. The van der Waals surface area contributed by atoms with Crippen LogP contribution in [0.3, 0.4) is 0 Å². The fourth-order valence-electron chi connectivity index (χ4n) is 3.70. The Labute approximate surface area is 177 Å². The lowest BCUT2D eigenvalue weighted by Gasteiger charge is -2.34. The number of hydrogen-bond acceptors (Lipinski definition) is 3. The van der Waals surface area contributed by atoms with Crippen molar-refractivity contribution >= 4 is 11.8 Å². The Morgan fingerprint density at radius 1 is 1.23 bits per heavy atom. The first-order chi connectivity index (χ1) is 14.5. The topological polar surface area (TPSA) is 52.6 Å². The van der Waals surface area contributed by atoms with Gasteiger partial charge in [-0.05, 0) is 50.5 Å². The number of anilines is 1. The van der Waals surface area contributed by atoms with Gasteiger partial charge in [0.25, 0.3) is 0 Å². The van der Waals surface area contributed by atoms with Crippen LogP contribution in [0.5, 0.6) is 0 Å². The Morgan fingerprint density at radius 2 is 2.00 bits per heavy atom. The maximum absolute atomic E-state index is 14.0. The van der Waals surface area contributed by atoms with Crippen LogP contribution in [0.2, 0.25) is 0 Å². The quantitative estimate of drug-likeness (QED) is 0.553. The number of halogens is 2. The van der Waals surface area contributed by atoms with Crippen molar-refractivity contribution in [3.63, 3.8) is 0 Å². The molecule has 1 aromatic carbocycles. The van der Waals surface area contributed by atoms with E-state index < -0.39 is 11.6 Å². The minimum absolute atomic E-state index is 0.143. The van der Waals surface area contributed by atoms with Gasteiger partial charge in [-0.15, -0.1) is 0 Å². The molecule has 7 heteroatoms. The van der Waals surface area contributed by atoms with Crippen LogP contribution in [-0.4, -0.2) is 43.2 Å². The Morgan fingerprint density at radius 3 is 2.67 bits per heavy atom. The summed E-state index contributed by atoms with van der Waals surface area (Å²) in [5.74, 6) is 0.542. The summed E-state index contributed by atoms with van der Waals surface area (Å²) in [6, 6.07) is 10.2. The standard InChI is InChI=1S/C23H31F2N5/c1-4-26-23(27-15-16(2)20-9-8-18(24)14-21(20)25)29-19-10-12-30(13-11-19)22-7-5-6-17(3)28-22/h5-9,14,16,19H,4,10-13,15H2,1-3H3,(H2,26,27,29). The third kappa shape index (κ3) is 5.90. The third-order valence-corrected chi connectivity index (χ3v) is 5.39. The molecule has 1 fully saturated rings. The van der Waals surface area contributed by atoms with Crippen molar-refractivity contribution in [2.24, 2.45) is 4.99 Å². The Bertz CT molecular complexity index is 862. The molecule has 0 radical (unpaired) electrons. The number of rotatable bonds is 6. The van der Waals surface area contributed by atoms with E-state index in [0.717, 1.165) is 56.0 Å². The molecule has 1 saturated heterocycles. The minimum Gasteiger partial charge on any atom is -0.357 e. The van der Waals surface area contributed by atoms with Crippen LogP contribution >= 0.6 is 0 Å². The van der Waals surface area contributed by atoms with E-state index in [1.54, 1.807) is 0 Å². The predicted octanol–water partition coefficient (Wildman–Crippen LogP) is 4.00. The second-order valence-electron chi connectivity index (χ2n) is 7.83. The molecular weight excluding hydrogens is 384 g/mol. The number of benzene rings is 1. The summed E-state index contributed by atoms with van der Waals surface area (Å²) in [5, 5.41) is 6.78. The number of aromatic nitrogens is 1. The normalized spacial score (nSPS) is 16.4. The van der Waals surface area contributed by atoms with Gasteiger partial charge in [0.2, 0.25) is 0 Å². The smallest absolute Gasteiger partial charge is 0.191 e. The van der Waals surface area contributed by atoms with Crippen LogP contribution in [0.15, 0.2) is 41.4 Å². The van der Waals surface area contributed by atoms with Gasteiger partial charge in [0.15, 0.2) is 5.96 Å². The zero-order valence-electron chi connectivity index (χ0n) is 18.0. The van der Waals surface area contributed by atoms with E-state index in [9.17, 15) is 8.78 Å². The van der Waals surface area contributed by atoms with E-state index in [1.165, 1.54) is 12.1 Å². The van der Waals surface area contributed by atoms with E-state index >= 15 is 0 Å².